The average Bonchev–Trinajstić information content (AvgIpc) is 3.27. The van der Waals surface area contributed by atoms with Gasteiger partial charge in [-0.15, -0.1) is 0 Å². The van der Waals surface area contributed by atoms with E-state index in [4.69, 9.17) is 4.65 Å². The van der Waals surface area contributed by atoms with Crippen LogP contribution in [-0.2, 0) is 25.8 Å². The minimum atomic E-state index is -5.47. The number of halogens is 2. The highest BCUT2D eigenvalue weighted by Gasteiger charge is 2.42. The fourth-order valence-electron chi connectivity index (χ4n) is 4.53. The molecule has 0 aromatic heterocycles. The van der Waals surface area contributed by atoms with Gasteiger partial charge in [-0.1, -0.05) is 12.1 Å². The van der Waals surface area contributed by atoms with E-state index >= 15 is 0 Å². The van der Waals surface area contributed by atoms with Gasteiger partial charge in [-0.25, -0.2) is 40.8 Å². The van der Waals surface area contributed by atoms with E-state index < -0.39 is 96.3 Å². The molecule has 0 radical (unpaired) electrons. The van der Waals surface area contributed by atoms with Crippen LogP contribution in [0, 0.1) is 11.6 Å². The van der Waals surface area contributed by atoms with Crippen molar-refractivity contribution in [3.8, 4) is 5.75 Å². The number of carboxylic acids is 1. The third-order valence-corrected chi connectivity index (χ3v) is 8.64. The Kier molecular flexibility index (Phi) is 8.54. The number of para-hydroxylation sites is 1. The molecule has 230 valence electrons. The molecule has 4 rings (SSSR count). The maximum absolute atomic E-state index is 14.7. The average molecular weight is 646 g/mol. The first kappa shape index (κ1) is 31.8. The van der Waals surface area contributed by atoms with Gasteiger partial charge in [0.1, 0.15) is 28.7 Å². The Hall–Kier alpha value is -4.10. The summed E-state index contributed by atoms with van der Waals surface area (Å²) >= 11 is 0. The summed E-state index contributed by atoms with van der Waals surface area (Å²) in [6, 6.07) is 0.0336. The lowest BCUT2D eigenvalue weighted by atomic mass is 9.72. The molecule has 0 unspecified atom stereocenters. The molecule has 6 N–H and O–H groups in total. The third kappa shape index (κ3) is 6.47. The molecule has 0 saturated carbocycles. The van der Waals surface area contributed by atoms with Gasteiger partial charge in [0, 0.05) is 0 Å². The smallest absolute Gasteiger partial charge is 0.534 e. The summed E-state index contributed by atoms with van der Waals surface area (Å²) < 4.78 is 70.2. The molecule has 1 fully saturated rings. The van der Waals surface area contributed by atoms with E-state index in [0.29, 0.717) is 27.6 Å². The van der Waals surface area contributed by atoms with Gasteiger partial charge < -0.3 is 35.2 Å². The number of nitrogens with zero attached hydrogens (tertiary/aromatic N) is 2. The molecule has 21 heteroatoms. The number of imide groups is 1. The highest BCUT2D eigenvalue weighted by Crippen LogP contribution is 2.36. The second-order valence-corrected chi connectivity index (χ2v) is 12.9. The van der Waals surface area contributed by atoms with Crippen molar-refractivity contribution in [1.82, 2.24) is 19.8 Å². The number of amides is 5. The Morgan fingerprint density at radius 2 is 1.79 bits per heavy atom. The number of carboxylic acid groups (broad SMARTS) is 1. The SMILES string of the molecule is CS(=O)(=O)N1CCN(C(=O)N[C@@H](C(=O)N[C@H]2Cc3cccc(C(=O)O)c3OB2O)c2cc(F)c(P(=O)(O)O)c(F)c2)C1=O. The van der Waals surface area contributed by atoms with Crippen molar-refractivity contribution in [2.24, 2.45) is 0 Å². The van der Waals surface area contributed by atoms with Crippen molar-refractivity contribution in [2.45, 2.75) is 18.4 Å². The van der Waals surface area contributed by atoms with Crippen LogP contribution in [0.1, 0.15) is 27.5 Å². The van der Waals surface area contributed by atoms with Crippen LogP contribution < -0.4 is 20.6 Å². The van der Waals surface area contributed by atoms with Crippen molar-refractivity contribution in [3.63, 3.8) is 0 Å². The fourth-order valence-corrected chi connectivity index (χ4v) is 6.01. The molecule has 2 atom stereocenters. The van der Waals surface area contributed by atoms with Gasteiger partial charge in [0.05, 0.1) is 30.8 Å². The number of carbonyl (C=O) groups is 4. The molecule has 2 aliphatic heterocycles. The lowest BCUT2D eigenvalue weighted by molar-refractivity contribution is -0.123. The van der Waals surface area contributed by atoms with E-state index in [2.05, 4.69) is 5.32 Å². The maximum atomic E-state index is 14.7. The number of aromatic carboxylic acids is 1. The Balaban J connectivity index is 1.66. The van der Waals surface area contributed by atoms with Crippen LogP contribution in [0.4, 0.5) is 18.4 Å². The molecule has 2 heterocycles. The molecule has 0 spiro atoms. The van der Waals surface area contributed by atoms with Gasteiger partial charge in [0.25, 0.3) is 0 Å². The summed E-state index contributed by atoms with van der Waals surface area (Å²) in [4.78, 5) is 69.4. The number of benzene rings is 2. The van der Waals surface area contributed by atoms with Crippen molar-refractivity contribution >= 4 is 54.0 Å². The van der Waals surface area contributed by atoms with Crippen LogP contribution in [0.5, 0.6) is 5.75 Å². The van der Waals surface area contributed by atoms with Gasteiger partial charge in [-0.2, -0.15) is 0 Å². The first-order valence-corrected chi connectivity index (χ1v) is 15.5. The van der Waals surface area contributed by atoms with E-state index in [0.717, 1.165) is 0 Å². The first-order chi connectivity index (χ1) is 19.9. The Morgan fingerprint density at radius 1 is 1.16 bits per heavy atom. The van der Waals surface area contributed by atoms with Gasteiger partial charge in [0.2, 0.25) is 15.9 Å². The monoisotopic (exact) mass is 646 g/mol. The number of nitrogens with one attached hydrogen (secondary N) is 2. The summed E-state index contributed by atoms with van der Waals surface area (Å²) in [6.45, 7) is -0.880. The number of hydrogen-bond acceptors (Lipinski definition) is 9. The second kappa shape index (κ2) is 11.5. The van der Waals surface area contributed by atoms with Crippen LogP contribution in [0.25, 0.3) is 0 Å². The second-order valence-electron chi connectivity index (χ2n) is 9.46. The van der Waals surface area contributed by atoms with Gasteiger partial charge in [-0.3, -0.25) is 9.36 Å². The summed E-state index contributed by atoms with van der Waals surface area (Å²) in [5.41, 5.74) is -0.715. The number of fused-ring (bicyclic) bond motifs is 1. The van der Waals surface area contributed by atoms with Gasteiger partial charge in [-0.05, 0) is 35.7 Å². The lowest BCUT2D eigenvalue weighted by Crippen LogP contribution is -2.56. The Morgan fingerprint density at radius 3 is 2.33 bits per heavy atom. The van der Waals surface area contributed by atoms with Crippen LogP contribution in [0.2, 0.25) is 0 Å². The predicted octanol–water partition coefficient (Wildman–Crippen LogP) is -0.946. The highest BCUT2D eigenvalue weighted by molar-refractivity contribution is 7.88. The molecule has 0 bridgehead atoms. The topological polar surface area (TPSA) is 240 Å². The van der Waals surface area contributed by atoms with Crippen molar-refractivity contribution in [2.75, 3.05) is 19.3 Å². The number of hydrogen-bond donors (Lipinski definition) is 6. The quantitative estimate of drug-likeness (QED) is 0.158. The zero-order valence-electron chi connectivity index (χ0n) is 21.8. The molecule has 0 aliphatic carbocycles. The highest BCUT2D eigenvalue weighted by atomic mass is 32.2. The van der Waals surface area contributed by atoms with Gasteiger partial charge >= 0.3 is 32.7 Å². The summed E-state index contributed by atoms with van der Waals surface area (Å²) in [6.07, 6.45) is 0.504. The summed E-state index contributed by atoms with van der Waals surface area (Å²) in [5, 5.41) is 22.6. The van der Waals surface area contributed by atoms with E-state index in [9.17, 15) is 60.9 Å². The molecule has 5 amide bonds. The number of carbonyl (C=O) groups excluding carboxylic acids is 3. The minimum absolute atomic E-state index is 0.169. The van der Waals surface area contributed by atoms with Crippen LogP contribution in [0.3, 0.4) is 0 Å². The van der Waals surface area contributed by atoms with Crippen molar-refractivity contribution < 1.29 is 65.5 Å². The van der Waals surface area contributed by atoms with Crippen LogP contribution in [-0.4, -0.2) is 93.9 Å². The minimum Gasteiger partial charge on any atom is -0.534 e. The first-order valence-electron chi connectivity index (χ1n) is 12.0. The van der Waals surface area contributed by atoms with Crippen LogP contribution >= 0.6 is 7.60 Å². The van der Waals surface area contributed by atoms with Gasteiger partial charge in [0.15, 0.2) is 0 Å². The zero-order valence-corrected chi connectivity index (χ0v) is 23.5. The number of sulfonamides is 1. The molecule has 2 aromatic carbocycles. The lowest BCUT2D eigenvalue weighted by Gasteiger charge is -2.30. The molecule has 43 heavy (non-hydrogen) atoms. The summed E-state index contributed by atoms with van der Waals surface area (Å²) in [7, 11) is -11.4. The van der Waals surface area contributed by atoms with E-state index in [-0.39, 0.29) is 23.3 Å². The molecular weight excluding hydrogens is 624 g/mol. The Bertz CT molecular complexity index is 1670. The van der Waals surface area contributed by atoms with E-state index in [1.165, 1.54) is 18.2 Å². The van der Waals surface area contributed by atoms with Crippen LogP contribution in [0.15, 0.2) is 30.3 Å². The predicted molar refractivity (Wildman–Crippen MR) is 141 cm³/mol. The molecule has 1 saturated heterocycles. The normalized spacial score (nSPS) is 17.7. The summed E-state index contributed by atoms with van der Waals surface area (Å²) in [5.74, 6) is -7.64. The molecular formula is C22H22BF2N4O12PS. The molecule has 2 aromatic rings. The zero-order chi connectivity index (χ0) is 32.0. The fraction of sp³-hybridized carbons (Fsp3) is 0.273. The Labute approximate surface area is 241 Å². The standard InChI is InChI=1S/C22H22BF2N4O12PS/c1-43(39,40)29-6-5-28(22(29)34)21(33)27-16(11-7-13(24)18(14(25)8-11)42(36,37)38)19(30)26-15-9-10-3-2-4-12(20(31)32)17(10)41-23(15)35/h2-4,7-8,15-16,35H,5-6,9H2,1H3,(H,26,30)(H,27,33)(H,31,32)(H2,36,37,38)/t15-,16+/m0/s1. The number of urea groups is 2. The maximum Gasteiger partial charge on any atom is 0.547 e. The van der Waals surface area contributed by atoms with E-state index in [1.807, 2.05) is 5.32 Å². The largest absolute Gasteiger partial charge is 0.547 e. The number of rotatable bonds is 7. The molecule has 16 nitrogen and oxygen atoms in total. The van der Waals surface area contributed by atoms with Crippen molar-refractivity contribution in [1.29, 1.82) is 0 Å². The van der Waals surface area contributed by atoms with Crippen molar-refractivity contribution in [3.05, 3.63) is 58.7 Å². The molecule has 2 aliphatic rings. The third-order valence-electron chi connectivity index (χ3n) is 6.49. The van der Waals surface area contributed by atoms with E-state index in [1.54, 1.807) is 0 Å².